The molecule has 1 saturated carbocycles. The second-order valence-corrected chi connectivity index (χ2v) is 9.46. The summed E-state index contributed by atoms with van der Waals surface area (Å²) >= 11 is 1.43. The van der Waals surface area contributed by atoms with Crippen molar-refractivity contribution in [2.45, 2.75) is 25.2 Å². The third-order valence-electron chi connectivity index (χ3n) is 6.02. The molecule has 6 nitrogen and oxygen atoms in total. The Kier molecular flexibility index (Phi) is 6.15. The lowest BCUT2D eigenvalue weighted by Crippen LogP contribution is -2.38. The number of rotatable bonds is 8. The number of thiazole rings is 1. The number of hydrogen-bond acceptors (Lipinski definition) is 5. The Bertz CT molecular complexity index is 1360. The summed E-state index contributed by atoms with van der Waals surface area (Å²) in [5.41, 5.74) is 2.95. The maximum absolute atomic E-state index is 14.0. The van der Waals surface area contributed by atoms with Gasteiger partial charge in [0.2, 0.25) is 0 Å². The van der Waals surface area contributed by atoms with Crippen LogP contribution in [-0.4, -0.2) is 46.9 Å². The molecule has 0 unspecified atom stereocenters. The molecule has 5 rings (SSSR count). The van der Waals surface area contributed by atoms with Gasteiger partial charge in [-0.05, 0) is 48.6 Å². The van der Waals surface area contributed by atoms with Crippen molar-refractivity contribution in [3.8, 4) is 10.4 Å². The maximum Gasteiger partial charge on any atom is 0.325 e. The quantitative estimate of drug-likeness (QED) is 0.356. The molecule has 0 saturated heterocycles. The number of amides is 1. The number of fused-ring (bicyclic) bond motifs is 1. The minimum Gasteiger partial charge on any atom is -0.468 e. The Hall–Kier alpha value is -3.52. The lowest BCUT2D eigenvalue weighted by Gasteiger charge is -2.21. The Morgan fingerprint density at radius 2 is 2.03 bits per heavy atom. The highest BCUT2D eigenvalue weighted by Crippen LogP contribution is 2.45. The largest absolute Gasteiger partial charge is 0.468 e. The van der Waals surface area contributed by atoms with Crippen LogP contribution in [0, 0.1) is 5.82 Å². The number of benzene rings is 2. The standard InChI is InChI=1S/C26H24FN3O3S/c1-33-22(31)15-30(12-11-18-14-28-21-8-3-2-7-20(18)21)26(32)23-24(17-5-4-6-19(27)13-17)34-25(29-23)16-9-10-16/h2-8,13-14,16,28H,9-12,15H2,1H3. The summed E-state index contributed by atoms with van der Waals surface area (Å²) in [6.07, 6.45) is 4.56. The van der Waals surface area contributed by atoms with Gasteiger partial charge in [-0.25, -0.2) is 9.37 Å². The number of carbonyl (C=O) groups excluding carboxylic acids is 2. The number of aromatic amines is 1. The molecule has 174 valence electrons. The molecule has 0 radical (unpaired) electrons. The van der Waals surface area contributed by atoms with Crippen LogP contribution in [0.25, 0.3) is 21.3 Å². The molecule has 1 N–H and O–H groups in total. The SMILES string of the molecule is COC(=O)CN(CCc1c[nH]c2ccccc12)C(=O)c1nc(C2CC2)sc1-c1cccc(F)c1. The van der Waals surface area contributed by atoms with Crippen molar-refractivity contribution < 1.29 is 18.7 Å². The first-order valence-electron chi connectivity index (χ1n) is 11.2. The van der Waals surface area contributed by atoms with Gasteiger partial charge in [-0.2, -0.15) is 0 Å². The molecule has 1 fully saturated rings. The van der Waals surface area contributed by atoms with Crippen LogP contribution in [0.5, 0.6) is 0 Å². The summed E-state index contributed by atoms with van der Waals surface area (Å²) in [4.78, 5) is 35.9. The summed E-state index contributed by atoms with van der Waals surface area (Å²) < 4.78 is 18.8. The van der Waals surface area contributed by atoms with E-state index in [1.54, 1.807) is 12.1 Å². The van der Waals surface area contributed by atoms with E-state index in [0.29, 0.717) is 29.3 Å². The van der Waals surface area contributed by atoms with Gasteiger partial charge in [0.25, 0.3) is 5.91 Å². The van der Waals surface area contributed by atoms with Gasteiger partial charge in [0.15, 0.2) is 0 Å². The number of methoxy groups -OCH3 is 1. The summed E-state index contributed by atoms with van der Waals surface area (Å²) in [6.45, 7) is 0.130. The zero-order valence-corrected chi connectivity index (χ0v) is 19.5. The smallest absolute Gasteiger partial charge is 0.325 e. The predicted molar refractivity (Wildman–Crippen MR) is 129 cm³/mol. The summed E-state index contributed by atoms with van der Waals surface area (Å²) in [5.74, 6) is -0.882. The number of esters is 1. The van der Waals surface area contributed by atoms with Gasteiger partial charge in [-0.3, -0.25) is 9.59 Å². The molecular formula is C26H24FN3O3S. The highest BCUT2D eigenvalue weighted by Gasteiger charge is 2.32. The molecular weight excluding hydrogens is 453 g/mol. The zero-order chi connectivity index (χ0) is 23.7. The lowest BCUT2D eigenvalue weighted by molar-refractivity contribution is -0.141. The van der Waals surface area contributed by atoms with Crippen molar-refractivity contribution in [3.63, 3.8) is 0 Å². The number of hydrogen-bond donors (Lipinski definition) is 1. The number of nitrogens with zero attached hydrogens (tertiary/aromatic N) is 2. The van der Waals surface area contributed by atoms with Crippen LogP contribution in [0.1, 0.15) is 39.8 Å². The van der Waals surface area contributed by atoms with E-state index in [4.69, 9.17) is 4.74 Å². The third kappa shape index (κ3) is 4.59. The fourth-order valence-corrected chi connectivity index (χ4v) is 5.25. The number of halogens is 1. The van der Waals surface area contributed by atoms with Crippen LogP contribution >= 0.6 is 11.3 Å². The van der Waals surface area contributed by atoms with Crippen LogP contribution in [0.15, 0.2) is 54.7 Å². The van der Waals surface area contributed by atoms with Crippen LogP contribution in [0.2, 0.25) is 0 Å². The molecule has 2 aromatic heterocycles. The van der Waals surface area contributed by atoms with Crippen LogP contribution in [0.4, 0.5) is 4.39 Å². The van der Waals surface area contributed by atoms with Crippen LogP contribution in [-0.2, 0) is 16.0 Å². The molecule has 0 bridgehead atoms. The monoisotopic (exact) mass is 477 g/mol. The minimum atomic E-state index is -0.503. The molecule has 8 heteroatoms. The first kappa shape index (κ1) is 22.3. The number of para-hydroxylation sites is 1. The van der Waals surface area contributed by atoms with Crippen LogP contribution < -0.4 is 0 Å². The van der Waals surface area contributed by atoms with E-state index in [2.05, 4.69) is 9.97 Å². The van der Waals surface area contributed by atoms with Gasteiger partial charge < -0.3 is 14.6 Å². The Balaban J connectivity index is 1.46. The van der Waals surface area contributed by atoms with E-state index >= 15 is 0 Å². The summed E-state index contributed by atoms with van der Waals surface area (Å²) in [5, 5.41) is 1.97. The molecule has 1 amide bonds. The van der Waals surface area contributed by atoms with E-state index in [1.807, 2.05) is 30.5 Å². The van der Waals surface area contributed by atoms with E-state index in [0.717, 1.165) is 34.3 Å². The number of aromatic nitrogens is 2. The number of carbonyl (C=O) groups is 2. The highest BCUT2D eigenvalue weighted by molar-refractivity contribution is 7.15. The fourth-order valence-electron chi connectivity index (χ4n) is 4.03. The van der Waals surface area contributed by atoms with E-state index in [-0.39, 0.29) is 24.0 Å². The minimum absolute atomic E-state index is 0.184. The van der Waals surface area contributed by atoms with E-state index < -0.39 is 5.97 Å². The Morgan fingerprint density at radius 3 is 2.79 bits per heavy atom. The summed E-state index contributed by atoms with van der Waals surface area (Å²) in [6, 6.07) is 14.1. The average molecular weight is 478 g/mol. The Morgan fingerprint density at radius 1 is 1.21 bits per heavy atom. The number of nitrogens with one attached hydrogen (secondary N) is 1. The molecule has 0 aliphatic heterocycles. The fraction of sp³-hybridized carbons (Fsp3) is 0.269. The van der Waals surface area contributed by atoms with Gasteiger partial charge >= 0.3 is 5.97 Å². The first-order valence-corrected chi connectivity index (χ1v) is 12.0. The molecule has 0 atom stereocenters. The van der Waals surface area contributed by atoms with Crippen molar-refractivity contribution in [3.05, 3.63) is 76.8 Å². The molecule has 2 aromatic carbocycles. The van der Waals surface area contributed by atoms with Gasteiger partial charge in [-0.15, -0.1) is 11.3 Å². The first-order chi connectivity index (χ1) is 16.5. The third-order valence-corrected chi connectivity index (χ3v) is 7.29. The number of ether oxygens (including phenoxy) is 1. The van der Waals surface area contributed by atoms with Crippen LogP contribution in [0.3, 0.4) is 0 Å². The second kappa shape index (κ2) is 9.38. The van der Waals surface area contributed by atoms with Crippen molar-refractivity contribution in [2.24, 2.45) is 0 Å². The van der Waals surface area contributed by atoms with Gasteiger partial charge in [0, 0.05) is 29.6 Å². The van der Waals surface area contributed by atoms with Gasteiger partial charge in [0.05, 0.1) is 17.0 Å². The lowest BCUT2D eigenvalue weighted by atomic mass is 10.1. The average Bonchev–Trinajstić information content (AvgIpc) is 3.47. The molecule has 1 aliphatic rings. The van der Waals surface area contributed by atoms with Gasteiger partial charge in [0.1, 0.15) is 18.1 Å². The van der Waals surface area contributed by atoms with Gasteiger partial charge in [-0.1, -0.05) is 30.3 Å². The van der Waals surface area contributed by atoms with E-state index in [9.17, 15) is 14.0 Å². The molecule has 4 aromatic rings. The maximum atomic E-state index is 14.0. The molecule has 2 heterocycles. The normalized spacial score (nSPS) is 13.2. The molecule has 1 aliphatic carbocycles. The highest BCUT2D eigenvalue weighted by atomic mass is 32.1. The molecule has 0 spiro atoms. The van der Waals surface area contributed by atoms with E-state index in [1.165, 1.54) is 35.5 Å². The molecule has 34 heavy (non-hydrogen) atoms. The zero-order valence-electron chi connectivity index (χ0n) is 18.7. The topological polar surface area (TPSA) is 75.3 Å². The predicted octanol–water partition coefficient (Wildman–Crippen LogP) is 5.17. The van der Waals surface area contributed by atoms with Crippen molar-refractivity contribution in [2.75, 3.05) is 20.2 Å². The van der Waals surface area contributed by atoms with Crippen molar-refractivity contribution >= 4 is 34.1 Å². The summed E-state index contributed by atoms with van der Waals surface area (Å²) in [7, 11) is 1.30. The van der Waals surface area contributed by atoms with Crippen molar-refractivity contribution in [1.29, 1.82) is 0 Å². The Labute approximate surface area is 200 Å². The second-order valence-electron chi connectivity index (χ2n) is 8.43. The number of H-pyrrole nitrogens is 1. The van der Waals surface area contributed by atoms with Crippen molar-refractivity contribution in [1.82, 2.24) is 14.9 Å².